The largest absolute Gasteiger partial charge is 0.506 e. The molecule has 5 fully saturated rings. The Hall–Kier alpha value is -7.90. The van der Waals surface area contributed by atoms with Crippen molar-refractivity contribution in [1.82, 2.24) is 24.9 Å². The molecule has 5 saturated heterocycles. The van der Waals surface area contributed by atoms with Crippen LogP contribution in [-0.2, 0) is 43.0 Å². The van der Waals surface area contributed by atoms with E-state index in [0.29, 0.717) is 17.2 Å². The van der Waals surface area contributed by atoms with Crippen LogP contribution in [0.25, 0.3) is 0 Å². The Morgan fingerprint density at radius 3 is 0.960 bits per heavy atom. The highest BCUT2D eigenvalue weighted by molar-refractivity contribution is 9.09. The van der Waals surface area contributed by atoms with E-state index in [1.807, 2.05) is 109 Å². The van der Waals surface area contributed by atoms with Crippen molar-refractivity contribution >= 4 is 119 Å². The van der Waals surface area contributed by atoms with Crippen molar-refractivity contribution in [2.24, 2.45) is 0 Å². The number of anilines is 5. The molecule has 0 radical (unpaired) electrons. The van der Waals surface area contributed by atoms with E-state index in [2.05, 4.69) is 126 Å². The summed E-state index contributed by atoms with van der Waals surface area (Å²) >= 11 is 17.2. The average molecular weight is 1510 g/mol. The molecule has 99 heavy (non-hydrogen) atoms. The van der Waals surface area contributed by atoms with Gasteiger partial charge in [0.25, 0.3) is 11.7 Å². The highest BCUT2D eigenvalue weighted by Gasteiger charge is 2.22. The van der Waals surface area contributed by atoms with Crippen LogP contribution < -0.4 is 44.0 Å². The Labute approximate surface area is 603 Å². The summed E-state index contributed by atoms with van der Waals surface area (Å²) in [5.74, 6) is 1.30. The third-order valence-corrected chi connectivity index (χ3v) is 16.0. The maximum atomic E-state index is 11.1. The number of rotatable bonds is 16. The maximum absolute atomic E-state index is 11.1. The molecule has 0 saturated carbocycles. The third-order valence-electron chi connectivity index (χ3n) is 14.9. The van der Waals surface area contributed by atoms with Gasteiger partial charge in [0.1, 0.15) is 34.1 Å². The summed E-state index contributed by atoms with van der Waals surface area (Å²) in [4.78, 5) is 90.0. The molecule has 0 unspecified atom stereocenters. The first-order valence-electron chi connectivity index (χ1n) is 31.5. The average Bonchev–Trinajstić information content (AvgIpc) is 0.874. The molecule has 5 aliphatic heterocycles. The van der Waals surface area contributed by atoms with Gasteiger partial charge in [-0.1, -0.05) is 76.6 Å². The van der Waals surface area contributed by atoms with Crippen LogP contribution in [-0.4, -0.2) is 291 Å². The van der Waals surface area contributed by atoms with Crippen molar-refractivity contribution < 1.29 is 82.8 Å². The molecule has 31 heteroatoms. The number of halogens is 4. The van der Waals surface area contributed by atoms with E-state index in [0.717, 1.165) is 178 Å². The monoisotopic (exact) mass is 1510 g/mol. The van der Waals surface area contributed by atoms with Crippen LogP contribution in [0.15, 0.2) is 121 Å². The predicted molar refractivity (Wildman–Crippen MR) is 391 cm³/mol. The maximum Gasteiger partial charge on any atom is 0.343 e. The number of carbonyl (C=O) groups is 7. The molecule has 6 N–H and O–H groups in total. The standard InChI is InChI=1S/C14H20N2O3.C13H17ClN2O2.C13H18N2O3.C11H16N2O.C10H14N2O.C3H5BrO2.C2Cl2O2.CH2O2.CH4O/c1-15-7-9-16(10-8-15)12-5-3-4-6-13(12)19-11-14(17)18-2;1-15-6-8-16(9-7-15)11-4-2-3-5-12(11)18-10-13(14)17;1-14-6-8-15(9-7-14)11-4-2-3-5-12(11)18-10-13(16)17;1-12-6-8-13(9-7-12)10-4-2-3-5-11(10)14;13-10-4-2-1-3-9(10)12-7-5-11-6-8-12;1-6-3(5)2-4;3-1(5)2(4)6;2-1-3;1-2/h3-6H,7-11H2,1-2H3;2-5H,6-10H2,1H3;2-5H,6-10H2,1H3,(H,16,17);2-5,14H,6-9H2,1H3;1-4,11,13H,5-8H2;2H2,1H3;;1H,(H,2,3);2H,1H3. The van der Waals surface area contributed by atoms with E-state index >= 15 is 0 Å². The van der Waals surface area contributed by atoms with Crippen LogP contribution >= 0.6 is 50.7 Å². The van der Waals surface area contributed by atoms with Crippen molar-refractivity contribution in [1.29, 1.82) is 0 Å². The van der Waals surface area contributed by atoms with Gasteiger partial charge in [-0.05, 0) is 124 Å². The SMILES string of the molecule is CN1CCN(c2ccccc2O)CC1.CN1CCN(c2ccccc2OCC(=O)Cl)CC1.CN1CCN(c2ccccc2OCC(=O)O)CC1.CO.COC(=O)CBr.COC(=O)COc1ccccc1N1CCN(C)CC1.O=C(Cl)C(=O)Cl.O=CO.Oc1ccccc1N1CCNCC1. The number of carbonyl (C=O) groups excluding carboxylic acids is 5. The molecule has 10 rings (SSSR count). The number of alkyl halides is 1. The minimum atomic E-state index is -1.14. The number of nitrogens with one attached hydrogen (secondary N) is 1. The Morgan fingerprint density at radius 1 is 0.434 bits per heavy atom. The lowest BCUT2D eigenvalue weighted by molar-refractivity contribution is -0.143. The number of hydrogen-bond acceptors (Lipinski definition) is 25. The number of piperazine rings is 5. The molecule has 0 spiro atoms. The van der Waals surface area contributed by atoms with Gasteiger partial charge in [-0.2, -0.15) is 0 Å². The molecule has 5 aromatic rings. The summed E-state index contributed by atoms with van der Waals surface area (Å²) in [6, 6.07) is 38.2. The first kappa shape index (κ1) is 87.2. The third kappa shape index (κ3) is 35.6. The lowest BCUT2D eigenvalue weighted by atomic mass is 10.2. The fourth-order valence-electron chi connectivity index (χ4n) is 9.60. The number of aliphatic hydroxyl groups is 1. The van der Waals surface area contributed by atoms with Gasteiger partial charge in [0.05, 0.1) is 42.7 Å². The lowest BCUT2D eigenvalue weighted by Crippen LogP contribution is -2.44. The summed E-state index contributed by atoms with van der Waals surface area (Å²) in [5, 5.41) is 42.6. The van der Waals surface area contributed by atoms with Crippen LogP contribution in [0.5, 0.6) is 28.7 Å². The number of ether oxygens (including phenoxy) is 5. The number of phenols is 2. The van der Waals surface area contributed by atoms with E-state index in [1.165, 1.54) is 14.2 Å². The zero-order chi connectivity index (χ0) is 73.5. The number of aromatic hydroxyl groups is 2. The molecule has 548 valence electrons. The molecule has 0 aromatic heterocycles. The number of methoxy groups -OCH3 is 2. The van der Waals surface area contributed by atoms with Gasteiger partial charge in [-0.25, -0.2) is 9.59 Å². The van der Waals surface area contributed by atoms with E-state index in [9.17, 15) is 39.0 Å². The van der Waals surface area contributed by atoms with Crippen molar-refractivity contribution in [2.75, 3.05) is 230 Å². The smallest absolute Gasteiger partial charge is 0.343 e. The van der Waals surface area contributed by atoms with Crippen LogP contribution in [0, 0.1) is 0 Å². The number of carboxylic acid groups (broad SMARTS) is 2. The molecule has 27 nitrogen and oxygen atoms in total. The first-order chi connectivity index (χ1) is 47.5. The summed E-state index contributed by atoms with van der Waals surface area (Å²) in [5.41, 5.74) is 4.96. The number of para-hydroxylation sites is 10. The number of esters is 2. The zero-order valence-corrected chi connectivity index (χ0v) is 61.1. The predicted octanol–water partition coefficient (Wildman–Crippen LogP) is 5.80. The summed E-state index contributed by atoms with van der Waals surface area (Å²) in [6.07, 6.45) is 0. The number of nitrogens with zero attached hydrogens (tertiary/aromatic N) is 9. The Balaban J connectivity index is 0.000000399. The number of hydrogen-bond donors (Lipinski definition) is 6. The second-order valence-electron chi connectivity index (χ2n) is 21.8. The van der Waals surface area contributed by atoms with Gasteiger partial charge >= 0.3 is 28.4 Å². The van der Waals surface area contributed by atoms with Crippen LogP contribution in [0.4, 0.5) is 28.4 Å². The van der Waals surface area contributed by atoms with E-state index < -0.39 is 21.7 Å². The van der Waals surface area contributed by atoms with Crippen molar-refractivity contribution in [3.63, 3.8) is 0 Å². The molecule has 0 aliphatic carbocycles. The van der Waals surface area contributed by atoms with Gasteiger partial charge in [0, 0.05) is 138 Å². The molecule has 5 heterocycles. The molecule has 0 atom stereocenters. The molecule has 5 aliphatic rings. The Kier molecular flexibility index (Phi) is 45.2. The van der Waals surface area contributed by atoms with Gasteiger partial charge < -0.3 is 98.6 Å². The molecule has 0 bridgehead atoms. The normalized spacial score (nSPS) is 15.2. The second kappa shape index (κ2) is 51.3. The topological polar surface area (TPSA) is 308 Å². The molecular formula is C68H96BrCl3N10O17. The zero-order valence-electron chi connectivity index (χ0n) is 57.3. The summed E-state index contributed by atoms with van der Waals surface area (Å²) in [7, 11) is 12.2. The van der Waals surface area contributed by atoms with E-state index in [4.69, 9.17) is 45.9 Å². The van der Waals surface area contributed by atoms with E-state index in [1.54, 1.807) is 12.1 Å². The second-order valence-corrected chi connectivity index (χ2v) is 23.5. The van der Waals surface area contributed by atoms with Crippen molar-refractivity contribution in [2.45, 2.75) is 0 Å². The van der Waals surface area contributed by atoms with Gasteiger partial charge in [-0.3, -0.25) is 24.0 Å². The fourth-order valence-corrected chi connectivity index (χ4v) is 9.89. The Bertz CT molecular complexity index is 3040. The van der Waals surface area contributed by atoms with Crippen LogP contribution in [0.1, 0.15) is 0 Å². The van der Waals surface area contributed by atoms with Crippen molar-refractivity contribution in [3.8, 4) is 28.7 Å². The number of phenolic OH excluding ortho intramolecular Hbond substituents is 2. The van der Waals surface area contributed by atoms with E-state index in [-0.39, 0.29) is 43.6 Å². The minimum Gasteiger partial charge on any atom is -0.506 e. The number of aliphatic carboxylic acids is 1. The first-order valence-corrected chi connectivity index (χ1v) is 33.7. The van der Waals surface area contributed by atoms with Gasteiger partial charge in [0.2, 0.25) is 0 Å². The van der Waals surface area contributed by atoms with Crippen LogP contribution in [0.2, 0.25) is 0 Å². The number of carboxylic acids is 1. The highest BCUT2D eigenvalue weighted by Crippen LogP contribution is 2.32. The lowest BCUT2D eigenvalue weighted by Gasteiger charge is -2.34. The number of benzene rings is 5. The molecule has 0 amide bonds. The summed E-state index contributed by atoms with van der Waals surface area (Å²) in [6.45, 7) is 19.2. The Morgan fingerprint density at radius 2 is 0.697 bits per heavy atom. The fraction of sp³-hybridized carbons (Fsp3) is 0.456. The van der Waals surface area contributed by atoms with Crippen LogP contribution in [0.3, 0.4) is 0 Å². The molecule has 5 aromatic carbocycles. The number of aliphatic hydroxyl groups excluding tert-OH is 1. The quantitative estimate of drug-likeness (QED) is 0.0223. The van der Waals surface area contributed by atoms with Gasteiger partial charge in [-0.15, -0.1) is 0 Å². The van der Waals surface area contributed by atoms with Crippen molar-refractivity contribution in [3.05, 3.63) is 121 Å². The molecular weight excluding hydrogens is 1420 g/mol. The minimum absolute atomic E-state index is 0.0543. The number of likely N-dealkylation sites (N-methyl/N-ethyl adjacent to an activating group) is 4. The summed E-state index contributed by atoms with van der Waals surface area (Å²) < 4.78 is 25.1. The van der Waals surface area contributed by atoms with Gasteiger partial charge in [0.15, 0.2) is 19.8 Å². The highest BCUT2D eigenvalue weighted by atomic mass is 79.9.